The summed E-state index contributed by atoms with van der Waals surface area (Å²) in [5.41, 5.74) is 0.605. The molecule has 126 valence electrons. The molecule has 1 heterocycles. The first kappa shape index (κ1) is 17.4. The number of likely N-dealkylation sites (tertiary alicyclic amines) is 1. The van der Waals surface area contributed by atoms with Crippen molar-refractivity contribution in [2.45, 2.75) is 33.1 Å². The summed E-state index contributed by atoms with van der Waals surface area (Å²) >= 11 is 0. The average Bonchev–Trinajstić information content (AvgIpc) is 2.55. The predicted molar refractivity (Wildman–Crippen MR) is 87.3 cm³/mol. The van der Waals surface area contributed by atoms with Gasteiger partial charge in [0.25, 0.3) is 0 Å². The summed E-state index contributed by atoms with van der Waals surface area (Å²) < 4.78 is 13.5. The molecule has 5 heteroatoms. The van der Waals surface area contributed by atoms with Crippen LogP contribution >= 0.6 is 0 Å². The van der Waals surface area contributed by atoms with E-state index in [9.17, 15) is 14.0 Å². The van der Waals surface area contributed by atoms with Gasteiger partial charge in [0.05, 0.1) is 5.92 Å². The number of benzene rings is 1. The fourth-order valence-electron chi connectivity index (χ4n) is 2.92. The molecule has 1 fully saturated rings. The molecule has 0 saturated carbocycles. The maximum atomic E-state index is 13.5. The SMILES string of the molecule is CC(C)C(=O)N1CCC[C@H](C(=O)NCCc2ccccc2F)C1. The Balaban J connectivity index is 1.81. The van der Waals surface area contributed by atoms with E-state index in [1.165, 1.54) is 6.07 Å². The van der Waals surface area contributed by atoms with E-state index in [2.05, 4.69) is 5.32 Å². The van der Waals surface area contributed by atoms with Crippen molar-refractivity contribution in [3.8, 4) is 0 Å². The monoisotopic (exact) mass is 320 g/mol. The highest BCUT2D eigenvalue weighted by Gasteiger charge is 2.29. The Morgan fingerprint density at radius 3 is 2.78 bits per heavy atom. The number of nitrogens with zero attached hydrogens (tertiary/aromatic N) is 1. The van der Waals surface area contributed by atoms with E-state index >= 15 is 0 Å². The highest BCUT2D eigenvalue weighted by Crippen LogP contribution is 2.18. The van der Waals surface area contributed by atoms with Crippen molar-refractivity contribution in [2.75, 3.05) is 19.6 Å². The Bertz CT molecular complexity index is 560. The molecule has 1 N–H and O–H groups in total. The van der Waals surface area contributed by atoms with Crippen molar-refractivity contribution >= 4 is 11.8 Å². The van der Waals surface area contributed by atoms with Crippen molar-refractivity contribution in [3.05, 3.63) is 35.6 Å². The largest absolute Gasteiger partial charge is 0.355 e. The fourth-order valence-corrected chi connectivity index (χ4v) is 2.92. The van der Waals surface area contributed by atoms with Crippen molar-refractivity contribution < 1.29 is 14.0 Å². The Hall–Kier alpha value is -1.91. The number of rotatable bonds is 5. The number of carbonyl (C=O) groups excluding carboxylic acids is 2. The Kier molecular flexibility index (Phi) is 6.13. The normalized spacial score (nSPS) is 18.1. The molecule has 1 aliphatic rings. The molecule has 1 aliphatic heterocycles. The second-order valence-electron chi connectivity index (χ2n) is 6.41. The molecule has 0 unspecified atom stereocenters. The van der Waals surface area contributed by atoms with Crippen LogP contribution in [0.2, 0.25) is 0 Å². The number of piperidine rings is 1. The van der Waals surface area contributed by atoms with Gasteiger partial charge in [-0.1, -0.05) is 32.0 Å². The van der Waals surface area contributed by atoms with Crippen molar-refractivity contribution in [1.29, 1.82) is 0 Å². The molecule has 1 atom stereocenters. The van der Waals surface area contributed by atoms with Gasteiger partial charge in [0.15, 0.2) is 0 Å². The molecule has 0 spiro atoms. The number of nitrogens with one attached hydrogen (secondary N) is 1. The minimum absolute atomic E-state index is 0.0393. The lowest BCUT2D eigenvalue weighted by molar-refractivity contribution is -0.138. The van der Waals surface area contributed by atoms with Gasteiger partial charge in [-0.3, -0.25) is 9.59 Å². The van der Waals surface area contributed by atoms with Gasteiger partial charge in [-0.2, -0.15) is 0 Å². The van der Waals surface area contributed by atoms with Gasteiger partial charge in [-0.05, 0) is 30.9 Å². The number of hydrogen-bond donors (Lipinski definition) is 1. The highest BCUT2D eigenvalue weighted by atomic mass is 19.1. The molecule has 0 radical (unpaired) electrons. The summed E-state index contributed by atoms with van der Waals surface area (Å²) in [5.74, 6) is -0.380. The Morgan fingerprint density at radius 1 is 1.35 bits per heavy atom. The predicted octanol–water partition coefficient (Wildman–Crippen LogP) is 2.38. The zero-order valence-electron chi connectivity index (χ0n) is 13.8. The second kappa shape index (κ2) is 8.09. The minimum Gasteiger partial charge on any atom is -0.355 e. The minimum atomic E-state index is -0.242. The van der Waals surface area contributed by atoms with Gasteiger partial charge in [0.2, 0.25) is 11.8 Å². The molecule has 0 aromatic heterocycles. The third-order valence-corrected chi connectivity index (χ3v) is 4.25. The number of carbonyl (C=O) groups is 2. The van der Waals surface area contributed by atoms with Crippen molar-refractivity contribution in [3.63, 3.8) is 0 Å². The van der Waals surface area contributed by atoms with E-state index in [1.807, 2.05) is 13.8 Å². The summed E-state index contributed by atoms with van der Waals surface area (Å²) in [6, 6.07) is 6.59. The van der Waals surface area contributed by atoms with Gasteiger partial charge in [-0.15, -0.1) is 0 Å². The van der Waals surface area contributed by atoms with E-state index in [-0.39, 0.29) is 29.5 Å². The van der Waals surface area contributed by atoms with E-state index in [0.717, 1.165) is 19.4 Å². The smallest absolute Gasteiger partial charge is 0.225 e. The van der Waals surface area contributed by atoms with Crippen LogP contribution in [0.5, 0.6) is 0 Å². The number of hydrogen-bond acceptors (Lipinski definition) is 2. The topological polar surface area (TPSA) is 49.4 Å². The zero-order valence-corrected chi connectivity index (χ0v) is 13.8. The van der Waals surface area contributed by atoms with Gasteiger partial charge >= 0.3 is 0 Å². The average molecular weight is 320 g/mol. The van der Waals surface area contributed by atoms with Gasteiger partial charge < -0.3 is 10.2 Å². The maximum absolute atomic E-state index is 13.5. The summed E-state index contributed by atoms with van der Waals surface area (Å²) in [6.45, 7) is 5.38. The first-order valence-electron chi connectivity index (χ1n) is 8.29. The van der Waals surface area contributed by atoms with Gasteiger partial charge in [-0.25, -0.2) is 4.39 Å². The third-order valence-electron chi connectivity index (χ3n) is 4.25. The van der Waals surface area contributed by atoms with Crippen molar-refractivity contribution in [2.24, 2.45) is 11.8 Å². The fraction of sp³-hybridized carbons (Fsp3) is 0.556. The van der Waals surface area contributed by atoms with Crippen LogP contribution in [0.15, 0.2) is 24.3 Å². The zero-order chi connectivity index (χ0) is 16.8. The maximum Gasteiger partial charge on any atom is 0.225 e. The molecule has 2 amide bonds. The Morgan fingerprint density at radius 2 is 2.09 bits per heavy atom. The summed E-state index contributed by atoms with van der Waals surface area (Å²) in [4.78, 5) is 26.1. The molecular formula is C18H25FN2O2. The second-order valence-corrected chi connectivity index (χ2v) is 6.41. The molecule has 0 bridgehead atoms. The van der Waals surface area contributed by atoms with Gasteiger partial charge in [0.1, 0.15) is 5.82 Å². The van der Waals surface area contributed by atoms with E-state index < -0.39 is 0 Å². The van der Waals surface area contributed by atoms with Crippen LogP contribution in [-0.2, 0) is 16.0 Å². The highest BCUT2D eigenvalue weighted by molar-refractivity contribution is 5.82. The number of amides is 2. The van der Waals surface area contributed by atoms with Crippen LogP contribution < -0.4 is 5.32 Å². The number of halogens is 1. The van der Waals surface area contributed by atoms with Crippen molar-refractivity contribution in [1.82, 2.24) is 10.2 Å². The molecular weight excluding hydrogens is 295 g/mol. The molecule has 0 aliphatic carbocycles. The summed E-state index contributed by atoms with van der Waals surface area (Å²) in [5, 5.41) is 2.87. The van der Waals surface area contributed by atoms with Crippen LogP contribution in [0.4, 0.5) is 4.39 Å². The van der Waals surface area contributed by atoms with Crippen LogP contribution in [0.3, 0.4) is 0 Å². The lowest BCUT2D eigenvalue weighted by Gasteiger charge is -2.33. The first-order chi connectivity index (χ1) is 11.0. The quantitative estimate of drug-likeness (QED) is 0.905. The molecule has 4 nitrogen and oxygen atoms in total. The lowest BCUT2D eigenvalue weighted by atomic mass is 9.96. The van der Waals surface area contributed by atoms with Crippen LogP contribution in [0.25, 0.3) is 0 Å². The Labute approximate surface area is 137 Å². The van der Waals surface area contributed by atoms with E-state index in [1.54, 1.807) is 23.1 Å². The summed E-state index contributed by atoms with van der Waals surface area (Å²) in [6.07, 6.45) is 2.12. The van der Waals surface area contributed by atoms with Crippen LogP contribution in [0.1, 0.15) is 32.3 Å². The molecule has 1 saturated heterocycles. The molecule has 1 aromatic rings. The van der Waals surface area contributed by atoms with Crippen LogP contribution in [0, 0.1) is 17.7 Å². The molecule has 1 aromatic carbocycles. The molecule has 23 heavy (non-hydrogen) atoms. The summed E-state index contributed by atoms with van der Waals surface area (Å²) in [7, 11) is 0. The third kappa shape index (κ3) is 4.78. The first-order valence-corrected chi connectivity index (χ1v) is 8.29. The van der Waals surface area contributed by atoms with E-state index in [4.69, 9.17) is 0 Å². The molecule has 2 rings (SSSR count). The van der Waals surface area contributed by atoms with Gasteiger partial charge in [0, 0.05) is 25.6 Å². The van der Waals surface area contributed by atoms with Crippen LogP contribution in [-0.4, -0.2) is 36.3 Å². The van der Waals surface area contributed by atoms with E-state index in [0.29, 0.717) is 25.1 Å². The lowest BCUT2D eigenvalue weighted by Crippen LogP contribution is -2.46. The standard InChI is InChI=1S/C18H25FN2O2/c1-13(2)18(23)21-11-5-7-15(12-21)17(22)20-10-9-14-6-3-4-8-16(14)19/h3-4,6,8,13,15H,5,7,9-12H2,1-2H3,(H,20,22)/t15-/m0/s1.